The largest absolute Gasteiger partial charge is 0.393 e. The van der Waals surface area contributed by atoms with Crippen molar-refractivity contribution in [2.24, 2.45) is 0 Å². The lowest BCUT2D eigenvalue weighted by molar-refractivity contribution is -0.919. The molecule has 16 heavy (non-hydrogen) atoms. The molecule has 0 atom stereocenters. The lowest BCUT2D eigenvalue weighted by Crippen LogP contribution is -3.12. The Kier molecular flexibility index (Phi) is 4.09. The molecular formula is C12H16Cl2NO+. The predicted molar refractivity (Wildman–Crippen MR) is 66.1 cm³/mol. The van der Waals surface area contributed by atoms with Gasteiger partial charge < -0.3 is 10.0 Å². The Bertz CT molecular complexity index is 362. The van der Waals surface area contributed by atoms with Crippen molar-refractivity contribution in [1.29, 1.82) is 0 Å². The zero-order valence-electron chi connectivity index (χ0n) is 9.05. The van der Waals surface area contributed by atoms with Crippen LogP contribution in [0.5, 0.6) is 0 Å². The lowest BCUT2D eigenvalue weighted by atomic mass is 10.1. The number of aliphatic hydroxyl groups excluding tert-OH is 1. The highest BCUT2D eigenvalue weighted by Gasteiger charge is 2.20. The summed E-state index contributed by atoms with van der Waals surface area (Å²) in [6, 6.07) is 5.65. The molecule has 0 saturated carbocycles. The van der Waals surface area contributed by atoms with Crippen LogP contribution in [0.3, 0.4) is 0 Å². The van der Waals surface area contributed by atoms with Gasteiger partial charge in [-0.25, -0.2) is 0 Å². The molecule has 4 heteroatoms. The molecule has 2 nitrogen and oxygen atoms in total. The Balaban J connectivity index is 1.98. The average Bonchev–Trinajstić information content (AvgIpc) is 2.25. The maximum absolute atomic E-state index is 9.43. The summed E-state index contributed by atoms with van der Waals surface area (Å²) in [5.41, 5.74) is 1.14. The zero-order chi connectivity index (χ0) is 11.5. The van der Waals surface area contributed by atoms with Gasteiger partial charge in [-0.1, -0.05) is 29.3 Å². The van der Waals surface area contributed by atoms with E-state index in [1.807, 2.05) is 12.1 Å². The number of hydrogen-bond donors (Lipinski definition) is 2. The van der Waals surface area contributed by atoms with Crippen LogP contribution in [0, 0.1) is 0 Å². The van der Waals surface area contributed by atoms with E-state index in [9.17, 15) is 5.11 Å². The number of nitrogens with one attached hydrogen (secondary N) is 1. The van der Waals surface area contributed by atoms with Crippen molar-refractivity contribution in [2.75, 3.05) is 13.1 Å². The first-order chi connectivity index (χ1) is 7.65. The lowest BCUT2D eigenvalue weighted by Gasteiger charge is -2.26. The van der Waals surface area contributed by atoms with Gasteiger partial charge in [0, 0.05) is 23.4 Å². The molecule has 88 valence electrons. The first kappa shape index (κ1) is 12.2. The molecule has 0 spiro atoms. The van der Waals surface area contributed by atoms with Crippen molar-refractivity contribution in [3.05, 3.63) is 33.8 Å². The predicted octanol–water partition coefficient (Wildman–Crippen LogP) is 1.53. The van der Waals surface area contributed by atoms with Gasteiger partial charge in [0.25, 0.3) is 0 Å². The molecule has 0 aliphatic carbocycles. The number of hydrogen-bond acceptors (Lipinski definition) is 1. The maximum atomic E-state index is 9.43. The van der Waals surface area contributed by atoms with Gasteiger partial charge in [-0.2, -0.15) is 0 Å². The molecule has 1 aliphatic rings. The summed E-state index contributed by atoms with van der Waals surface area (Å²) in [6.07, 6.45) is 1.67. The van der Waals surface area contributed by atoms with Crippen molar-refractivity contribution in [3.8, 4) is 0 Å². The summed E-state index contributed by atoms with van der Waals surface area (Å²) >= 11 is 12.0. The second-order valence-electron chi connectivity index (χ2n) is 4.39. The van der Waals surface area contributed by atoms with E-state index >= 15 is 0 Å². The molecular weight excluding hydrogens is 245 g/mol. The van der Waals surface area contributed by atoms with Crippen LogP contribution in [-0.2, 0) is 6.54 Å². The van der Waals surface area contributed by atoms with E-state index in [2.05, 4.69) is 0 Å². The van der Waals surface area contributed by atoms with Crippen molar-refractivity contribution in [3.63, 3.8) is 0 Å². The summed E-state index contributed by atoms with van der Waals surface area (Å²) in [4.78, 5) is 1.48. The average molecular weight is 261 g/mol. The molecule has 1 fully saturated rings. The van der Waals surface area contributed by atoms with Gasteiger partial charge in [0.05, 0.1) is 24.2 Å². The Hall–Kier alpha value is -0.280. The van der Waals surface area contributed by atoms with E-state index in [4.69, 9.17) is 23.2 Å². The van der Waals surface area contributed by atoms with Crippen LogP contribution in [0.1, 0.15) is 18.4 Å². The van der Waals surface area contributed by atoms with Crippen LogP contribution >= 0.6 is 23.2 Å². The smallest absolute Gasteiger partial charge is 0.104 e. The number of quaternary nitrogens is 1. The number of piperidine rings is 1. The normalized spacial score (nSPS) is 25.7. The Morgan fingerprint density at radius 1 is 1.25 bits per heavy atom. The second kappa shape index (κ2) is 5.37. The summed E-state index contributed by atoms with van der Waals surface area (Å²) < 4.78 is 0. The zero-order valence-corrected chi connectivity index (χ0v) is 10.6. The van der Waals surface area contributed by atoms with Gasteiger partial charge >= 0.3 is 0 Å². The third-order valence-electron chi connectivity index (χ3n) is 3.12. The Labute approximate surface area is 106 Å². The highest BCUT2D eigenvalue weighted by molar-refractivity contribution is 6.35. The first-order valence-corrected chi connectivity index (χ1v) is 6.36. The molecule has 0 aromatic heterocycles. The number of benzene rings is 1. The van der Waals surface area contributed by atoms with Crippen molar-refractivity contribution in [2.45, 2.75) is 25.5 Å². The van der Waals surface area contributed by atoms with Crippen LogP contribution in [0.2, 0.25) is 10.0 Å². The standard InChI is InChI=1S/C12H15Cl2NO/c13-10-2-1-9(12(14)7-10)8-15-5-3-11(16)4-6-15/h1-2,7,11,16H,3-6,8H2/p+1. The summed E-state index contributed by atoms with van der Waals surface area (Å²) in [5, 5.41) is 10.8. The van der Waals surface area contributed by atoms with E-state index in [0.717, 1.165) is 43.1 Å². The third kappa shape index (κ3) is 3.11. The minimum absolute atomic E-state index is 0.107. The fraction of sp³-hybridized carbons (Fsp3) is 0.500. The number of likely N-dealkylation sites (tertiary alicyclic amines) is 1. The van der Waals surface area contributed by atoms with E-state index in [0.29, 0.717) is 5.02 Å². The van der Waals surface area contributed by atoms with E-state index in [1.54, 1.807) is 6.07 Å². The van der Waals surface area contributed by atoms with E-state index < -0.39 is 0 Å². The van der Waals surface area contributed by atoms with Gasteiger partial charge in [-0.15, -0.1) is 0 Å². The summed E-state index contributed by atoms with van der Waals surface area (Å²) in [7, 11) is 0. The highest BCUT2D eigenvalue weighted by atomic mass is 35.5. The third-order valence-corrected chi connectivity index (χ3v) is 3.70. The van der Waals surface area contributed by atoms with Crippen molar-refractivity contribution in [1.82, 2.24) is 0 Å². The first-order valence-electron chi connectivity index (χ1n) is 5.60. The summed E-state index contributed by atoms with van der Waals surface area (Å²) in [5.74, 6) is 0. The molecule has 0 radical (unpaired) electrons. The quantitative estimate of drug-likeness (QED) is 0.829. The van der Waals surface area contributed by atoms with Crippen molar-refractivity contribution >= 4 is 23.2 Å². The van der Waals surface area contributed by atoms with E-state index in [-0.39, 0.29) is 6.10 Å². The van der Waals surface area contributed by atoms with Crippen LogP contribution in [-0.4, -0.2) is 24.3 Å². The molecule has 1 heterocycles. The van der Waals surface area contributed by atoms with Crippen LogP contribution in [0.25, 0.3) is 0 Å². The molecule has 2 rings (SSSR count). The number of rotatable bonds is 2. The molecule has 0 amide bonds. The van der Waals surface area contributed by atoms with Crippen LogP contribution in [0.15, 0.2) is 18.2 Å². The van der Waals surface area contributed by atoms with Crippen LogP contribution < -0.4 is 4.90 Å². The van der Waals surface area contributed by atoms with Gasteiger partial charge in [-0.05, 0) is 12.1 Å². The molecule has 2 N–H and O–H groups in total. The molecule has 1 saturated heterocycles. The minimum atomic E-state index is -0.107. The number of aliphatic hydroxyl groups is 1. The number of halogens is 2. The molecule has 0 bridgehead atoms. The fourth-order valence-electron chi connectivity index (χ4n) is 2.12. The monoisotopic (exact) mass is 260 g/mol. The fourth-order valence-corrected chi connectivity index (χ4v) is 2.60. The minimum Gasteiger partial charge on any atom is -0.393 e. The highest BCUT2D eigenvalue weighted by Crippen LogP contribution is 2.20. The topological polar surface area (TPSA) is 24.7 Å². The summed E-state index contributed by atoms with van der Waals surface area (Å²) in [6.45, 7) is 2.95. The SMILES string of the molecule is OC1CC[NH+](Cc2ccc(Cl)cc2Cl)CC1. The Morgan fingerprint density at radius 3 is 2.56 bits per heavy atom. The van der Waals surface area contributed by atoms with E-state index in [1.165, 1.54) is 4.90 Å². The van der Waals surface area contributed by atoms with Crippen molar-refractivity contribution < 1.29 is 10.0 Å². The molecule has 0 unspecified atom stereocenters. The maximum Gasteiger partial charge on any atom is 0.104 e. The Morgan fingerprint density at radius 2 is 1.94 bits per heavy atom. The van der Waals surface area contributed by atoms with Gasteiger partial charge in [0.2, 0.25) is 0 Å². The van der Waals surface area contributed by atoms with Crippen LogP contribution in [0.4, 0.5) is 0 Å². The van der Waals surface area contributed by atoms with Gasteiger partial charge in [0.15, 0.2) is 0 Å². The van der Waals surface area contributed by atoms with Gasteiger partial charge in [0.1, 0.15) is 6.54 Å². The molecule has 1 aliphatic heterocycles. The molecule has 1 aromatic rings. The van der Waals surface area contributed by atoms with Gasteiger partial charge in [-0.3, -0.25) is 0 Å². The second-order valence-corrected chi connectivity index (χ2v) is 5.24. The molecule has 1 aromatic carbocycles.